The summed E-state index contributed by atoms with van der Waals surface area (Å²) in [6.07, 6.45) is 0. The Balaban J connectivity index is 1.76. The number of furan rings is 1. The van der Waals surface area contributed by atoms with Crippen molar-refractivity contribution in [3.63, 3.8) is 0 Å². The van der Waals surface area contributed by atoms with Gasteiger partial charge >= 0.3 is 0 Å². The molecule has 4 rings (SSSR count). The fourth-order valence-corrected chi connectivity index (χ4v) is 4.52. The zero-order valence-electron chi connectivity index (χ0n) is 20.0. The van der Waals surface area contributed by atoms with Crippen LogP contribution in [0.5, 0.6) is 5.75 Å². The molecule has 1 atom stereocenters. The molecular formula is C27H30N2O5. The Kier molecular flexibility index (Phi) is 6.75. The Bertz CT molecular complexity index is 1240. The number of carbonyl (C=O) groups is 2. The largest absolute Gasteiger partial charge is 0.868 e. The van der Waals surface area contributed by atoms with E-state index in [4.69, 9.17) is 9.15 Å². The van der Waals surface area contributed by atoms with Crippen LogP contribution in [0.2, 0.25) is 0 Å². The lowest BCUT2D eigenvalue weighted by Gasteiger charge is -2.29. The van der Waals surface area contributed by atoms with Crippen molar-refractivity contribution in [3.8, 4) is 5.75 Å². The number of quaternary nitrogens is 1. The van der Waals surface area contributed by atoms with E-state index in [1.54, 1.807) is 24.3 Å². The van der Waals surface area contributed by atoms with Gasteiger partial charge in [-0.2, -0.15) is 0 Å². The molecule has 0 saturated carbocycles. The predicted molar refractivity (Wildman–Crippen MR) is 127 cm³/mol. The number of para-hydroxylation sites is 1. The summed E-state index contributed by atoms with van der Waals surface area (Å²) in [4.78, 5) is 29.6. The number of fused-ring (bicyclic) bond motifs is 1. The van der Waals surface area contributed by atoms with Gasteiger partial charge in [0, 0.05) is 11.0 Å². The number of Topliss-reactive ketones (excluding diaryl/α,β-unsaturated/α-hetero) is 1. The molecule has 1 aromatic heterocycles. The first-order valence-corrected chi connectivity index (χ1v) is 11.6. The zero-order chi connectivity index (χ0) is 24.4. The Hall–Kier alpha value is -3.58. The molecule has 0 fully saturated rings. The molecular weight excluding hydrogens is 432 g/mol. The van der Waals surface area contributed by atoms with Gasteiger partial charge in [-0.25, -0.2) is 0 Å². The standard InChI is InChI=1S/C27H30N2O5/c1-5-28(6-2)14-15-29-23(18-12-10-17(3)11-13-18)22(25(31)27(29)32)24(30)21-16-19-8-7-9-20(33-4)26(19)34-21/h7-13,16,23,31H,5-6,14-15H2,1-4H3. The Morgan fingerprint density at radius 3 is 2.50 bits per heavy atom. The minimum absolute atomic E-state index is 0.0176. The maximum Gasteiger partial charge on any atom is 0.240 e. The second-order valence-corrected chi connectivity index (χ2v) is 8.58. The first-order valence-electron chi connectivity index (χ1n) is 11.6. The van der Waals surface area contributed by atoms with Crippen molar-refractivity contribution in [2.45, 2.75) is 26.8 Å². The van der Waals surface area contributed by atoms with Crippen LogP contribution in [0, 0.1) is 6.92 Å². The van der Waals surface area contributed by atoms with Crippen LogP contribution in [0.15, 0.2) is 64.3 Å². The summed E-state index contributed by atoms with van der Waals surface area (Å²) in [6.45, 7) is 9.04. The fraction of sp³-hybridized carbons (Fsp3) is 0.333. The van der Waals surface area contributed by atoms with E-state index in [9.17, 15) is 14.7 Å². The van der Waals surface area contributed by atoms with E-state index in [1.807, 2.05) is 31.2 Å². The molecule has 7 heteroatoms. The molecule has 2 aromatic carbocycles. The number of hydrogen-bond donors (Lipinski definition) is 1. The summed E-state index contributed by atoms with van der Waals surface area (Å²) >= 11 is 0. The third kappa shape index (κ3) is 4.19. The van der Waals surface area contributed by atoms with Gasteiger partial charge in [0.1, 0.15) is 0 Å². The molecule has 2 heterocycles. The van der Waals surface area contributed by atoms with Crippen LogP contribution in [-0.2, 0) is 4.79 Å². The Morgan fingerprint density at radius 2 is 1.85 bits per heavy atom. The van der Waals surface area contributed by atoms with Crippen molar-refractivity contribution in [3.05, 3.63) is 76.8 Å². The third-order valence-electron chi connectivity index (χ3n) is 6.58. The van der Waals surface area contributed by atoms with Crippen LogP contribution in [0.3, 0.4) is 0 Å². The topological polar surface area (TPSA) is 87.2 Å². The second-order valence-electron chi connectivity index (χ2n) is 8.58. The van der Waals surface area contributed by atoms with Crippen molar-refractivity contribution >= 4 is 22.7 Å². The number of aryl methyl sites for hydroxylation is 1. The lowest BCUT2D eigenvalue weighted by atomic mass is 9.94. The highest BCUT2D eigenvalue weighted by Gasteiger charge is 2.40. The molecule has 1 unspecified atom stereocenters. The number of amides is 1. The minimum Gasteiger partial charge on any atom is -0.868 e. The van der Waals surface area contributed by atoms with E-state index in [2.05, 4.69) is 13.8 Å². The number of methoxy groups -OCH3 is 1. The lowest BCUT2D eigenvalue weighted by Crippen LogP contribution is -3.12. The van der Waals surface area contributed by atoms with Crippen molar-refractivity contribution in [2.75, 3.05) is 33.3 Å². The van der Waals surface area contributed by atoms with Crippen LogP contribution >= 0.6 is 0 Å². The Morgan fingerprint density at radius 1 is 1.15 bits per heavy atom. The first-order chi connectivity index (χ1) is 16.4. The molecule has 0 spiro atoms. The van der Waals surface area contributed by atoms with Crippen molar-refractivity contribution in [1.29, 1.82) is 0 Å². The van der Waals surface area contributed by atoms with Gasteiger partial charge in [0.15, 0.2) is 17.1 Å². The van der Waals surface area contributed by atoms with Gasteiger partial charge in [-0.1, -0.05) is 42.0 Å². The lowest BCUT2D eigenvalue weighted by molar-refractivity contribution is -0.895. The number of rotatable bonds is 9. The number of ether oxygens (including phenoxy) is 1. The molecule has 7 nitrogen and oxygen atoms in total. The molecule has 1 N–H and O–H groups in total. The normalized spacial score (nSPS) is 16.2. The number of benzene rings is 2. The van der Waals surface area contributed by atoms with Gasteiger partial charge in [-0.3, -0.25) is 9.59 Å². The Labute approximate surface area is 199 Å². The molecule has 34 heavy (non-hydrogen) atoms. The van der Waals surface area contributed by atoms with Gasteiger partial charge in [0.2, 0.25) is 11.7 Å². The molecule has 0 bridgehead atoms. The van der Waals surface area contributed by atoms with Crippen LogP contribution in [0.25, 0.3) is 11.0 Å². The van der Waals surface area contributed by atoms with Crippen LogP contribution in [0.1, 0.15) is 41.6 Å². The van der Waals surface area contributed by atoms with E-state index >= 15 is 0 Å². The molecule has 1 amide bonds. The van der Waals surface area contributed by atoms with E-state index < -0.39 is 23.5 Å². The highest BCUT2D eigenvalue weighted by molar-refractivity contribution is 6.15. The molecule has 0 radical (unpaired) electrons. The zero-order valence-corrected chi connectivity index (χ0v) is 20.0. The highest BCUT2D eigenvalue weighted by atomic mass is 16.5. The summed E-state index contributed by atoms with van der Waals surface area (Å²) in [5.41, 5.74) is 2.15. The predicted octanol–water partition coefficient (Wildman–Crippen LogP) is 2.06. The quantitative estimate of drug-likeness (QED) is 0.492. The van der Waals surface area contributed by atoms with E-state index in [-0.39, 0.29) is 11.3 Å². The van der Waals surface area contributed by atoms with Gasteiger partial charge in [0.05, 0.1) is 39.3 Å². The number of carbonyl (C=O) groups excluding carboxylic acids is 2. The molecule has 0 aliphatic carbocycles. The summed E-state index contributed by atoms with van der Waals surface area (Å²) in [5.74, 6) is -1.47. The highest BCUT2D eigenvalue weighted by Crippen LogP contribution is 2.39. The second kappa shape index (κ2) is 9.73. The fourth-order valence-electron chi connectivity index (χ4n) is 4.52. The van der Waals surface area contributed by atoms with Crippen molar-refractivity contribution in [2.24, 2.45) is 0 Å². The number of nitrogens with zero attached hydrogens (tertiary/aromatic N) is 1. The van der Waals surface area contributed by atoms with Gasteiger partial charge < -0.3 is 24.1 Å². The monoisotopic (exact) mass is 462 g/mol. The molecule has 3 aromatic rings. The average Bonchev–Trinajstić information content (AvgIpc) is 3.39. The third-order valence-corrected chi connectivity index (χ3v) is 6.58. The SMILES string of the molecule is CC[NH+](CC)CCN1C(=O)C([O-])=C(C(=O)c2cc3cccc(OC)c3o2)C1c1ccc(C)cc1. The van der Waals surface area contributed by atoms with Crippen molar-refractivity contribution < 1.29 is 28.7 Å². The maximum absolute atomic E-state index is 13.6. The van der Waals surface area contributed by atoms with Gasteiger partial charge in [-0.05, 0) is 44.2 Å². The van der Waals surface area contributed by atoms with Crippen LogP contribution < -0.4 is 14.7 Å². The minimum atomic E-state index is -0.766. The number of nitrogens with one attached hydrogen (secondary N) is 1. The van der Waals surface area contributed by atoms with Gasteiger partial charge in [0.25, 0.3) is 0 Å². The molecule has 0 saturated heterocycles. The molecule has 178 valence electrons. The molecule has 1 aliphatic heterocycles. The number of likely N-dealkylation sites (N-methyl/N-ethyl adjacent to an activating group) is 1. The molecule has 1 aliphatic rings. The smallest absolute Gasteiger partial charge is 0.240 e. The van der Waals surface area contributed by atoms with Crippen LogP contribution in [-0.4, -0.2) is 49.9 Å². The van der Waals surface area contributed by atoms with Crippen LogP contribution in [0.4, 0.5) is 0 Å². The average molecular weight is 463 g/mol. The maximum atomic E-state index is 13.6. The summed E-state index contributed by atoms with van der Waals surface area (Å²) in [5, 5.41) is 13.9. The number of hydrogen-bond acceptors (Lipinski definition) is 5. The van der Waals surface area contributed by atoms with Gasteiger partial charge in [-0.15, -0.1) is 0 Å². The van der Waals surface area contributed by atoms with E-state index in [1.165, 1.54) is 16.9 Å². The summed E-state index contributed by atoms with van der Waals surface area (Å²) in [6, 6.07) is 13.8. The summed E-state index contributed by atoms with van der Waals surface area (Å²) < 4.78 is 11.2. The van der Waals surface area contributed by atoms with Crippen molar-refractivity contribution in [1.82, 2.24) is 4.90 Å². The van der Waals surface area contributed by atoms with E-state index in [0.29, 0.717) is 29.8 Å². The first kappa shape index (κ1) is 23.6. The number of ketones is 1. The van der Waals surface area contributed by atoms with E-state index in [0.717, 1.165) is 24.2 Å². The summed E-state index contributed by atoms with van der Waals surface area (Å²) in [7, 11) is 1.52.